The Balaban J connectivity index is 1.66. The molecule has 0 radical (unpaired) electrons. The third kappa shape index (κ3) is 3.18. The minimum Gasteiger partial charge on any atom is -0.338 e. The second-order valence-corrected chi connectivity index (χ2v) is 4.50. The van der Waals surface area contributed by atoms with Crippen molar-refractivity contribution in [1.29, 1.82) is 0 Å². The molecule has 4 nitrogen and oxygen atoms in total. The van der Waals surface area contributed by atoms with E-state index in [9.17, 15) is 4.79 Å². The fraction of sp³-hybridized carbons (Fsp3) is 0.909. The molecule has 2 heterocycles. The van der Waals surface area contributed by atoms with Crippen LogP contribution in [0.4, 0.5) is 0 Å². The number of piperazine rings is 1. The summed E-state index contributed by atoms with van der Waals surface area (Å²) in [6, 6.07) is 0. The molecule has 2 saturated heterocycles. The van der Waals surface area contributed by atoms with Gasteiger partial charge in [0, 0.05) is 39.3 Å². The first-order valence-electron chi connectivity index (χ1n) is 6.02. The van der Waals surface area contributed by atoms with E-state index in [1.54, 1.807) is 0 Å². The molecule has 2 rings (SSSR count). The minimum atomic E-state index is 0.318. The maximum absolute atomic E-state index is 11.6. The van der Waals surface area contributed by atoms with Gasteiger partial charge >= 0.3 is 0 Å². The first kappa shape index (κ1) is 10.9. The lowest BCUT2D eigenvalue weighted by Crippen LogP contribution is -2.48. The normalized spacial score (nSPS) is 23.1. The topological polar surface area (TPSA) is 26.6 Å². The third-order valence-corrected chi connectivity index (χ3v) is 3.16. The van der Waals surface area contributed by atoms with Crippen LogP contribution in [0.2, 0.25) is 0 Å². The van der Waals surface area contributed by atoms with Gasteiger partial charge in [0.05, 0.1) is 6.54 Å². The average molecular weight is 211 g/mol. The van der Waals surface area contributed by atoms with Crippen LogP contribution in [0.3, 0.4) is 0 Å². The molecular formula is C11H21N3O. The molecule has 2 fully saturated rings. The number of rotatable bonds is 4. The first-order chi connectivity index (χ1) is 7.29. The fourth-order valence-electron chi connectivity index (χ4n) is 2.08. The zero-order valence-corrected chi connectivity index (χ0v) is 9.61. The largest absolute Gasteiger partial charge is 0.338 e. The molecule has 0 atom stereocenters. The molecule has 0 aromatic rings. The average Bonchev–Trinajstić information content (AvgIpc) is 3.04. The van der Waals surface area contributed by atoms with Crippen molar-refractivity contribution in [2.45, 2.75) is 13.3 Å². The highest BCUT2D eigenvalue weighted by molar-refractivity contribution is 5.80. The van der Waals surface area contributed by atoms with Gasteiger partial charge in [-0.3, -0.25) is 9.69 Å². The number of hydrogen-bond donors (Lipinski definition) is 0. The van der Waals surface area contributed by atoms with Crippen LogP contribution >= 0.6 is 0 Å². The third-order valence-electron chi connectivity index (χ3n) is 3.16. The highest BCUT2D eigenvalue weighted by Crippen LogP contribution is 2.07. The van der Waals surface area contributed by atoms with E-state index in [0.29, 0.717) is 12.5 Å². The van der Waals surface area contributed by atoms with Crippen LogP contribution in [0.25, 0.3) is 0 Å². The van der Waals surface area contributed by atoms with Gasteiger partial charge in [0.1, 0.15) is 0 Å². The summed E-state index contributed by atoms with van der Waals surface area (Å²) in [6.45, 7) is 10.4. The Hall–Kier alpha value is -0.610. The molecule has 0 aromatic carbocycles. The SMILES string of the molecule is CCCN1CCN(CC(=O)N2CC2)CC1. The Bertz CT molecular complexity index is 220. The van der Waals surface area contributed by atoms with E-state index < -0.39 is 0 Å². The molecule has 4 heteroatoms. The van der Waals surface area contributed by atoms with Crippen LogP contribution in [0.15, 0.2) is 0 Å². The molecule has 0 aromatic heterocycles. The molecule has 2 aliphatic heterocycles. The quantitative estimate of drug-likeness (QED) is 0.605. The lowest BCUT2D eigenvalue weighted by molar-refractivity contribution is -0.127. The molecule has 2 aliphatic rings. The molecular weight excluding hydrogens is 190 g/mol. The maximum Gasteiger partial charge on any atom is 0.236 e. The van der Waals surface area contributed by atoms with Crippen molar-refractivity contribution in [2.75, 3.05) is 52.4 Å². The molecule has 86 valence electrons. The van der Waals surface area contributed by atoms with Crippen LogP contribution < -0.4 is 0 Å². The second-order valence-electron chi connectivity index (χ2n) is 4.50. The lowest BCUT2D eigenvalue weighted by atomic mass is 10.3. The summed E-state index contributed by atoms with van der Waals surface area (Å²) in [6.07, 6.45) is 1.23. The van der Waals surface area contributed by atoms with Gasteiger partial charge in [-0.15, -0.1) is 0 Å². The molecule has 0 N–H and O–H groups in total. The Kier molecular flexibility index (Phi) is 3.59. The summed E-state index contributed by atoms with van der Waals surface area (Å²) in [4.78, 5) is 18.2. The monoisotopic (exact) mass is 211 g/mol. The van der Waals surface area contributed by atoms with Crippen molar-refractivity contribution >= 4 is 5.91 Å². The highest BCUT2D eigenvalue weighted by Gasteiger charge is 2.26. The maximum atomic E-state index is 11.6. The van der Waals surface area contributed by atoms with Gasteiger partial charge < -0.3 is 9.80 Å². The van der Waals surface area contributed by atoms with E-state index in [2.05, 4.69) is 16.7 Å². The lowest BCUT2D eigenvalue weighted by Gasteiger charge is -2.34. The predicted molar refractivity (Wildman–Crippen MR) is 59.8 cm³/mol. The van der Waals surface area contributed by atoms with Crippen molar-refractivity contribution in [1.82, 2.24) is 14.7 Å². The summed E-state index contributed by atoms with van der Waals surface area (Å²) in [5.41, 5.74) is 0. The smallest absolute Gasteiger partial charge is 0.236 e. The molecule has 0 bridgehead atoms. The van der Waals surface area contributed by atoms with Gasteiger partial charge in [-0.1, -0.05) is 6.92 Å². The molecule has 0 unspecified atom stereocenters. The zero-order chi connectivity index (χ0) is 10.7. The number of nitrogens with zero attached hydrogens (tertiary/aromatic N) is 3. The van der Waals surface area contributed by atoms with Crippen molar-refractivity contribution in [3.63, 3.8) is 0 Å². The van der Waals surface area contributed by atoms with Gasteiger partial charge in [-0.25, -0.2) is 0 Å². The molecule has 0 saturated carbocycles. The van der Waals surface area contributed by atoms with E-state index in [1.807, 2.05) is 4.90 Å². The van der Waals surface area contributed by atoms with Crippen LogP contribution in [0.5, 0.6) is 0 Å². The Morgan fingerprint density at radius 1 is 1.00 bits per heavy atom. The standard InChI is InChI=1S/C11H21N3O/c1-2-3-12-4-6-13(7-5-12)10-11(15)14-8-9-14/h2-10H2,1H3. The fourth-order valence-corrected chi connectivity index (χ4v) is 2.08. The summed E-state index contributed by atoms with van der Waals surface area (Å²) in [5, 5.41) is 0. The van der Waals surface area contributed by atoms with Gasteiger partial charge in [0.15, 0.2) is 0 Å². The first-order valence-corrected chi connectivity index (χ1v) is 6.02. The molecule has 1 amide bonds. The summed E-state index contributed by atoms with van der Waals surface area (Å²) in [5.74, 6) is 0.318. The van der Waals surface area contributed by atoms with Crippen LogP contribution in [-0.2, 0) is 4.79 Å². The van der Waals surface area contributed by atoms with E-state index in [-0.39, 0.29) is 0 Å². The van der Waals surface area contributed by atoms with E-state index in [4.69, 9.17) is 0 Å². The van der Waals surface area contributed by atoms with E-state index in [0.717, 1.165) is 39.3 Å². The Morgan fingerprint density at radius 2 is 1.60 bits per heavy atom. The number of hydrogen-bond acceptors (Lipinski definition) is 3. The number of amides is 1. The van der Waals surface area contributed by atoms with Gasteiger partial charge in [-0.05, 0) is 13.0 Å². The molecule has 0 spiro atoms. The van der Waals surface area contributed by atoms with Crippen molar-refractivity contribution in [3.8, 4) is 0 Å². The van der Waals surface area contributed by atoms with E-state index >= 15 is 0 Å². The van der Waals surface area contributed by atoms with Gasteiger partial charge in [0.2, 0.25) is 5.91 Å². The minimum absolute atomic E-state index is 0.318. The summed E-state index contributed by atoms with van der Waals surface area (Å²) < 4.78 is 0. The summed E-state index contributed by atoms with van der Waals surface area (Å²) in [7, 11) is 0. The van der Waals surface area contributed by atoms with Crippen LogP contribution in [0, 0.1) is 0 Å². The molecule has 15 heavy (non-hydrogen) atoms. The van der Waals surface area contributed by atoms with Crippen LogP contribution in [-0.4, -0.2) is 73.0 Å². The van der Waals surface area contributed by atoms with Gasteiger partial charge in [-0.2, -0.15) is 0 Å². The zero-order valence-electron chi connectivity index (χ0n) is 9.61. The Labute approximate surface area is 91.8 Å². The predicted octanol–water partition coefficient (Wildman–Crippen LogP) is -0.144. The van der Waals surface area contributed by atoms with Crippen molar-refractivity contribution < 1.29 is 4.79 Å². The van der Waals surface area contributed by atoms with Crippen molar-refractivity contribution in [2.24, 2.45) is 0 Å². The van der Waals surface area contributed by atoms with E-state index in [1.165, 1.54) is 13.0 Å². The van der Waals surface area contributed by atoms with Crippen molar-refractivity contribution in [3.05, 3.63) is 0 Å². The highest BCUT2D eigenvalue weighted by atomic mass is 16.2. The van der Waals surface area contributed by atoms with Crippen LogP contribution in [0.1, 0.15) is 13.3 Å². The second kappa shape index (κ2) is 4.94. The summed E-state index contributed by atoms with van der Waals surface area (Å²) >= 11 is 0. The molecule has 0 aliphatic carbocycles. The van der Waals surface area contributed by atoms with Gasteiger partial charge in [0.25, 0.3) is 0 Å². The number of carbonyl (C=O) groups is 1. The Morgan fingerprint density at radius 3 is 2.13 bits per heavy atom. The number of carbonyl (C=O) groups excluding carboxylic acids is 1.